The van der Waals surface area contributed by atoms with Gasteiger partial charge in [-0.3, -0.25) is 23.9 Å². The zero-order valence-electron chi connectivity index (χ0n) is 26.8. The van der Waals surface area contributed by atoms with E-state index in [2.05, 4.69) is 5.32 Å². The van der Waals surface area contributed by atoms with Gasteiger partial charge in [-0.15, -0.1) is 0 Å². The number of carbonyl (C=O) groups is 2. The summed E-state index contributed by atoms with van der Waals surface area (Å²) < 4.78 is 79.0. The third-order valence-corrected chi connectivity index (χ3v) is 9.32. The van der Waals surface area contributed by atoms with Crippen LogP contribution in [-0.4, -0.2) is 52.3 Å². The largest absolute Gasteiger partial charge is 0.481 e. The average Bonchev–Trinajstić information content (AvgIpc) is 3.02. The number of hydrogen-bond donors (Lipinski definition) is 2. The molecule has 50 heavy (non-hydrogen) atoms. The van der Waals surface area contributed by atoms with E-state index in [4.69, 9.17) is 16.3 Å². The number of carboxylic acids is 1. The minimum absolute atomic E-state index is 0.0524. The Morgan fingerprint density at radius 1 is 1.04 bits per heavy atom. The molecule has 0 spiro atoms. The molecule has 262 valence electrons. The second-order valence-electron chi connectivity index (χ2n) is 12.6. The van der Waals surface area contributed by atoms with Crippen molar-refractivity contribution in [3.8, 4) is 22.6 Å². The normalized spacial score (nSPS) is 18.1. The van der Waals surface area contributed by atoms with Crippen molar-refractivity contribution in [2.75, 3.05) is 19.6 Å². The van der Waals surface area contributed by atoms with Gasteiger partial charge in [0, 0.05) is 53.6 Å². The van der Waals surface area contributed by atoms with Gasteiger partial charge in [0.25, 0.3) is 5.56 Å². The molecule has 1 saturated heterocycles. The highest BCUT2D eigenvalue weighted by Crippen LogP contribution is 2.41. The Morgan fingerprint density at radius 3 is 2.46 bits per heavy atom. The van der Waals surface area contributed by atoms with Crippen molar-refractivity contribution in [2.24, 2.45) is 0 Å². The van der Waals surface area contributed by atoms with Crippen molar-refractivity contribution >= 4 is 23.5 Å². The van der Waals surface area contributed by atoms with Gasteiger partial charge < -0.3 is 15.2 Å². The van der Waals surface area contributed by atoms with Gasteiger partial charge in [-0.25, -0.2) is 8.78 Å². The van der Waals surface area contributed by atoms with Crippen LogP contribution in [0, 0.1) is 19.7 Å². The predicted molar refractivity (Wildman–Crippen MR) is 175 cm³/mol. The zero-order valence-corrected chi connectivity index (χ0v) is 27.5. The quantitative estimate of drug-likeness (QED) is 0.206. The smallest absolute Gasteiger partial charge is 0.416 e. The molecule has 6 rings (SSSR count). The molecule has 2 unspecified atom stereocenters. The Labute approximate surface area is 288 Å². The summed E-state index contributed by atoms with van der Waals surface area (Å²) >= 11 is 6.63. The van der Waals surface area contributed by atoms with Gasteiger partial charge >= 0.3 is 12.1 Å². The molecule has 2 aliphatic heterocycles. The molecule has 0 saturated carbocycles. The number of halogens is 6. The molecule has 4 bridgehead atoms. The highest BCUT2D eigenvalue weighted by atomic mass is 35.5. The minimum Gasteiger partial charge on any atom is -0.481 e. The first-order valence-corrected chi connectivity index (χ1v) is 16.1. The van der Waals surface area contributed by atoms with Gasteiger partial charge in [0.05, 0.1) is 18.0 Å². The van der Waals surface area contributed by atoms with E-state index in [-0.39, 0.29) is 59.1 Å². The van der Waals surface area contributed by atoms with Crippen LogP contribution >= 0.6 is 11.6 Å². The van der Waals surface area contributed by atoms with Crippen LogP contribution in [0.2, 0.25) is 5.02 Å². The first-order valence-electron chi connectivity index (χ1n) is 15.7. The van der Waals surface area contributed by atoms with E-state index in [1.807, 2.05) is 13.0 Å². The highest BCUT2D eigenvalue weighted by molar-refractivity contribution is 6.31. The Hall–Kier alpha value is -4.75. The molecule has 1 aromatic heterocycles. The second kappa shape index (κ2) is 13.5. The van der Waals surface area contributed by atoms with Crippen LogP contribution in [-0.2, 0) is 22.2 Å². The standard InChI is InChI=1S/C36H31ClF5N3O5/c1-18-4-3-5-29-32(18)21-10-19(2)33(39)25(11-21)28(14-31(47)48)43-35(49)34(24-12-23(50-29)6-7-27(24)37)45-15-20(8-9-44-16-22(38)17-44)26(13-30(45)46)36(40,41)42/h3-7,10-13,15,22,28,34H,8-9,14,16-17H2,1-2H3,(H,43,49)(H,47,48). The third kappa shape index (κ3) is 6.97. The molecule has 3 aromatic carbocycles. The summed E-state index contributed by atoms with van der Waals surface area (Å²) in [6, 6.07) is 9.61. The molecule has 1 amide bonds. The summed E-state index contributed by atoms with van der Waals surface area (Å²) in [4.78, 5) is 41.7. The number of ether oxygens (including phenoxy) is 1. The van der Waals surface area contributed by atoms with Crippen molar-refractivity contribution < 1.29 is 41.4 Å². The molecule has 8 nitrogen and oxygen atoms in total. The molecular weight excluding hydrogens is 685 g/mol. The maximum absolute atomic E-state index is 15.9. The van der Waals surface area contributed by atoms with Crippen molar-refractivity contribution in [1.29, 1.82) is 0 Å². The van der Waals surface area contributed by atoms with E-state index in [9.17, 15) is 37.1 Å². The number of aryl methyl sites for hydroxylation is 2. The number of carboxylic acid groups (broad SMARTS) is 1. The number of nitrogens with one attached hydrogen (secondary N) is 1. The lowest BCUT2D eigenvalue weighted by Crippen LogP contribution is -2.49. The predicted octanol–water partition coefficient (Wildman–Crippen LogP) is 7.17. The summed E-state index contributed by atoms with van der Waals surface area (Å²) in [6.45, 7) is 3.46. The van der Waals surface area contributed by atoms with Crippen LogP contribution in [0.1, 0.15) is 51.9 Å². The summed E-state index contributed by atoms with van der Waals surface area (Å²) in [7, 11) is 0. The number of nitrogens with zero attached hydrogens (tertiary/aromatic N) is 2. The molecule has 2 N–H and O–H groups in total. The first kappa shape index (κ1) is 35.1. The molecule has 14 heteroatoms. The van der Waals surface area contributed by atoms with Crippen molar-refractivity contribution in [1.82, 2.24) is 14.8 Å². The van der Waals surface area contributed by atoms with Crippen LogP contribution < -0.4 is 15.6 Å². The molecule has 0 aliphatic carbocycles. The first-order chi connectivity index (χ1) is 23.6. The van der Waals surface area contributed by atoms with Crippen molar-refractivity contribution in [2.45, 2.75) is 51.1 Å². The maximum atomic E-state index is 15.9. The van der Waals surface area contributed by atoms with E-state index in [0.29, 0.717) is 22.9 Å². The number of carbonyl (C=O) groups excluding carboxylic acids is 1. The Morgan fingerprint density at radius 2 is 1.78 bits per heavy atom. The van der Waals surface area contributed by atoms with E-state index < -0.39 is 59.7 Å². The minimum atomic E-state index is -4.93. The van der Waals surface area contributed by atoms with Crippen molar-refractivity contribution in [3.63, 3.8) is 0 Å². The molecule has 2 aliphatic rings. The number of aliphatic carboxylic acids is 1. The van der Waals surface area contributed by atoms with E-state index in [1.54, 1.807) is 23.1 Å². The van der Waals surface area contributed by atoms with Crippen LogP contribution in [0.25, 0.3) is 11.1 Å². The lowest BCUT2D eigenvalue weighted by atomic mass is 9.92. The fraction of sp³-hybridized carbons (Fsp3) is 0.306. The Bertz CT molecular complexity index is 2060. The average molecular weight is 716 g/mol. The third-order valence-electron chi connectivity index (χ3n) is 8.97. The molecule has 4 aromatic rings. The van der Waals surface area contributed by atoms with Gasteiger partial charge in [-0.2, -0.15) is 13.2 Å². The molecule has 0 radical (unpaired) electrons. The van der Waals surface area contributed by atoms with Gasteiger partial charge in [0.2, 0.25) is 5.91 Å². The van der Waals surface area contributed by atoms with Gasteiger partial charge in [0.1, 0.15) is 29.5 Å². The number of pyridine rings is 1. The van der Waals surface area contributed by atoms with Crippen LogP contribution in [0.3, 0.4) is 0 Å². The number of rotatable bonds is 6. The number of hydrogen-bond acceptors (Lipinski definition) is 5. The number of alkyl halides is 4. The van der Waals surface area contributed by atoms with E-state index >= 15 is 4.39 Å². The number of amides is 1. The SMILES string of the molecule is Cc1cc2cc(c1F)C(CC(=O)O)NC(=O)C(n1cc(CCN3CC(F)C3)c(C(F)(F)F)cc1=O)c1cc(ccc1Cl)Oc1cccc(C)c1-2. The van der Waals surface area contributed by atoms with E-state index in [0.717, 1.165) is 16.3 Å². The molecule has 1 fully saturated rings. The number of fused-ring (bicyclic) bond motifs is 6. The summed E-state index contributed by atoms with van der Waals surface area (Å²) in [5, 5.41) is 12.3. The fourth-order valence-corrected chi connectivity index (χ4v) is 6.74. The zero-order chi connectivity index (χ0) is 36.1. The maximum Gasteiger partial charge on any atom is 0.416 e. The Balaban J connectivity index is 1.58. The monoisotopic (exact) mass is 715 g/mol. The highest BCUT2D eigenvalue weighted by Gasteiger charge is 2.37. The molecule has 2 atom stereocenters. The number of likely N-dealkylation sites (tertiary alicyclic amines) is 1. The second-order valence-corrected chi connectivity index (χ2v) is 13.0. The number of benzene rings is 3. The van der Waals surface area contributed by atoms with Gasteiger partial charge in [-0.1, -0.05) is 23.7 Å². The van der Waals surface area contributed by atoms with Gasteiger partial charge in [-0.05, 0) is 78.9 Å². The van der Waals surface area contributed by atoms with Crippen molar-refractivity contribution in [3.05, 3.63) is 115 Å². The summed E-state index contributed by atoms with van der Waals surface area (Å²) in [6.07, 6.45) is -6.11. The van der Waals surface area contributed by atoms with Gasteiger partial charge in [0.15, 0.2) is 0 Å². The molecular formula is C36H31ClF5N3O5. The van der Waals surface area contributed by atoms with Crippen LogP contribution in [0.15, 0.2) is 65.6 Å². The number of aromatic nitrogens is 1. The Kier molecular flexibility index (Phi) is 9.49. The topological polar surface area (TPSA) is 101 Å². The van der Waals surface area contributed by atoms with E-state index in [1.165, 1.54) is 31.2 Å². The summed E-state index contributed by atoms with van der Waals surface area (Å²) in [5.41, 5.74) is -1.04. The lowest BCUT2D eigenvalue weighted by Gasteiger charge is -2.34. The molecule has 3 heterocycles. The summed E-state index contributed by atoms with van der Waals surface area (Å²) in [5.74, 6) is -2.71. The fourth-order valence-electron chi connectivity index (χ4n) is 6.52. The lowest BCUT2D eigenvalue weighted by molar-refractivity contribution is -0.139. The van der Waals surface area contributed by atoms with Crippen LogP contribution in [0.4, 0.5) is 22.0 Å². The van der Waals surface area contributed by atoms with Crippen LogP contribution in [0.5, 0.6) is 11.5 Å².